The monoisotopic (exact) mass is 313 g/mol. The molecule has 0 saturated carbocycles. The third-order valence-corrected chi connectivity index (χ3v) is 4.09. The van der Waals surface area contributed by atoms with Crippen LogP contribution >= 0.6 is 0 Å². The fourth-order valence-corrected chi connectivity index (χ4v) is 2.67. The number of carbonyl (C=O) groups is 1. The molecular formula is C17H35N3O2. The number of hydrogen-bond acceptors (Lipinski definition) is 4. The molecule has 5 heteroatoms. The number of piperidine rings is 1. The molecule has 1 rings (SSSR count). The lowest BCUT2D eigenvalue weighted by molar-refractivity contribution is 0.0258. The van der Waals surface area contributed by atoms with Crippen molar-refractivity contribution in [1.82, 2.24) is 15.1 Å². The summed E-state index contributed by atoms with van der Waals surface area (Å²) in [6, 6.07) is 0. The van der Waals surface area contributed by atoms with Gasteiger partial charge in [-0.05, 0) is 86.1 Å². The van der Waals surface area contributed by atoms with Gasteiger partial charge in [0.2, 0.25) is 0 Å². The van der Waals surface area contributed by atoms with Gasteiger partial charge in [-0.25, -0.2) is 4.79 Å². The first-order valence-corrected chi connectivity index (χ1v) is 8.69. The maximum atomic E-state index is 12.0. The first-order valence-electron chi connectivity index (χ1n) is 8.69. The van der Waals surface area contributed by atoms with E-state index in [9.17, 15) is 4.79 Å². The number of rotatable bonds is 7. The summed E-state index contributed by atoms with van der Waals surface area (Å²) in [5, 5.41) is 3.54. The average molecular weight is 313 g/mol. The van der Waals surface area contributed by atoms with Crippen molar-refractivity contribution >= 4 is 6.09 Å². The van der Waals surface area contributed by atoms with Gasteiger partial charge in [0.15, 0.2) is 0 Å². The molecule has 0 aliphatic carbocycles. The minimum Gasteiger partial charge on any atom is -0.444 e. The maximum absolute atomic E-state index is 12.0. The van der Waals surface area contributed by atoms with Crippen LogP contribution in [0.3, 0.4) is 0 Å². The minimum atomic E-state index is -0.420. The molecule has 130 valence electrons. The summed E-state index contributed by atoms with van der Waals surface area (Å²) in [6.45, 7) is 13.7. The standard InChI is InChI=1S/C17H35N3O2/c1-6-20(16(21)22-17(2,3)4)11-7-10-18-14-15-8-12-19(5)13-9-15/h15,18H,6-14H2,1-5H3. The van der Waals surface area contributed by atoms with Gasteiger partial charge in [-0.1, -0.05) is 0 Å². The van der Waals surface area contributed by atoms with Crippen LogP contribution in [-0.4, -0.2) is 67.8 Å². The van der Waals surface area contributed by atoms with Crippen molar-refractivity contribution < 1.29 is 9.53 Å². The Morgan fingerprint density at radius 2 is 1.95 bits per heavy atom. The lowest BCUT2D eigenvalue weighted by Gasteiger charge is -2.29. The van der Waals surface area contributed by atoms with E-state index in [1.807, 2.05) is 27.7 Å². The molecule has 0 bridgehead atoms. The number of carbonyl (C=O) groups excluding carboxylic acids is 1. The van der Waals surface area contributed by atoms with Crippen LogP contribution < -0.4 is 5.32 Å². The Kier molecular flexibility index (Phi) is 8.18. The highest BCUT2D eigenvalue weighted by molar-refractivity contribution is 5.68. The Bertz CT molecular complexity index is 320. The Morgan fingerprint density at radius 3 is 2.50 bits per heavy atom. The zero-order valence-electron chi connectivity index (χ0n) is 15.2. The molecule has 1 aliphatic rings. The number of ether oxygens (including phenoxy) is 1. The van der Waals surface area contributed by atoms with E-state index in [2.05, 4.69) is 17.3 Å². The summed E-state index contributed by atoms with van der Waals surface area (Å²) in [6.07, 6.45) is 3.36. The van der Waals surface area contributed by atoms with Gasteiger partial charge in [0.1, 0.15) is 5.60 Å². The molecule has 1 aliphatic heterocycles. The fraction of sp³-hybridized carbons (Fsp3) is 0.941. The predicted octanol–water partition coefficient (Wildman–Crippen LogP) is 2.56. The number of hydrogen-bond donors (Lipinski definition) is 1. The summed E-state index contributed by atoms with van der Waals surface area (Å²) in [7, 11) is 2.19. The number of nitrogens with one attached hydrogen (secondary N) is 1. The van der Waals surface area contributed by atoms with Crippen molar-refractivity contribution in [2.45, 2.75) is 52.6 Å². The van der Waals surface area contributed by atoms with Crippen LogP contribution in [0.1, 0.15) is 47.0 Å². The Morgan fingerprint density at radius 1 is 1.32 bits per heavy atom. The van der Waals surface area contributed by atoms with Gasteiger partial charge in [0.25, 0.3) is 0 Å². The fourth-order valence-electron chi connectivity index (χ4n) is 2.67. The normalized spacial score (nSPS) is 17.5. The summed E-state index contributed by atoms with van der Waals surface area (Å²) in [5.74, 6) is 0.810. The third-order valence-electron chi connectivity index (χ3n) is 4.09. The van der Waals surface area contributed by atoms with Crippen molar-refractivity contribution in [1.29, 1.82) is 0 Å². The molecular weight excluding hydrogens is 278 g/mol. The zero-order valence-corrected chi connectivity index (χ0v) is 15.2. The van der Waals surface area contributed by atoms with E-state index in [0.717, 1.165) is 32.0 Å². The van der Waals surface area contributed by atoms with Gasteiger partial charge in [-0.2, -0.15) is 0 Å². The highest BCUT2D eigenvalue weighted by atomic mass is 16.6. The SMILES string of the molecule is CCN(CCCNCC1CCN(C)CC1)C(=O)OC(C)(C)C. The van der Waals surface area contributed by atoms with E-state index < -0.39 is 5.60 Å². The quantitative estimate of drug-likeness (QED) is 0.734. The van der Waals surface area contributed by atoms with Crippen LogP contribution in [-0.2, 0) is 4.74 Å². The van der Waals surface area contributed by atoms with Crippen molar-refractivity contribution in [3.63, 3.8) is 0 Å². The van der Waals surface area contributed by atoms with Crippen molar-refractivity contribution in [3.8, 4) is 0 Å². The van der Waals surface area contributed by atoms with Crippen LogP contribution in [0.15, 0.2) is 0 Å². The molecule has 0 unspecified atom stereocenters. The van der Waals surface area contributed by atoms with Crippen molar-refractivity contribution in [2.24, 2.45) is 5.92 Å². The maximum Gasteiger partial charge on any atom is 0.410 e. The van der Waals surface area contributed by atoms with Crippen LogP contribution in [0, 0.1) is 5.92 Å². The van der Waals surface area contributed by atoms with Crippen LogP contribution in [0.2, 0.25) is 0 Å². The highest BCUT2D eigenvalue weighted by Crippen LogP contribution is 2.14. The van der Waals surface area contributed by atoms with Gasteiger partial charge < -0.3 is 19.9 Å². The molecule has 1 amide bonds. The molecule has 1 heterocycles. The Hall–Kier alpha value is -0.810. The van der Waals surface area contributed by atoms with Gasteiger partial charge in [-0.15, -0.1) is 0 Å². The van der Waals surface area contributed by atoms with Gasteiger partial charge in [-0.3, -0.25) is 0 Å². The van der Waals surface area contributed by atoms with Crippen molar-refractivity contribution in [2.75, 3.05) is 46.3 Å². The average Bonchev–Trinajstić information content (AvgIpc) is 2.42. The number of nitrogens with zero attached hydrogens (tertiary/aromatic N) is 2. The van der Waals surface area contributed by atoms with E-state index >= 15 is 0 Å². The minimum absolute atomic E-state index is 0.203. The van der Waals surface area contributed by atoms with Crippen LogP contribution in [0.5, 0.6) is 0 Å². The van der Waals surface area contributed by atoms with Gasteiger partial charge >= 0.3 is 6.09 Å². The third kappa shape index (κ3) is 7.99. The van der Waals surface area contributed by atoms with Gasteiger partial charge in [0.05, 0.1) is 0 Å². The first kappa shape index (κ1) is 19.2. The van der Waals surface area contributed by atoms with E-state index in [1.54, 1.807) is 4.90 Å². The summed E-state index contributed by atoms with van der Waals surface area (Å²) in [5.41, 5.74) is -0.420. The van der Waals surface area contributed by atoms with Gasteiger partial charge in [0, 0.05) is 13.1 Å². The Labute approximate surface area is 136 Å². The van der Waals surface area contributed by atoms with E-state index in [4.69, 9.17) is 4.74 Å². The molecule has 0 aromatic rings. The second-order valence-corrected chi connectivity index (χ2v) is 7.36. The molecule has 1 N–H and O–H groups in total. The first-order chi connectivity index (χ1) is 10.3. The zero-order chi connectivity index (χ0) is 16.6. The van der Waals surface area contributed by atoms with E-state index in [0.29, 0.717) is 6.54 Å². The number of amides is 1. The molecule has 1 saturated heterocycles. The van der Waals surface area contributed by atoms with Crippen LogP contribution in [0.4, 0.5) is 4.79 Å². The number of likely N-dealkylation sites (tertiary alicyclic amines) is 1. The van der Waals surface area contributed by atoms with E-state index in [-0.39, 0.29) is 6.09 Å². The smallest absolute Gasteiger partial charge is 0.410 e. The summed E-state index contributed by atoms with van der Waals surface area (Å²) < 4.78 is 5.41. The molecule has 1 fully saturated rings. The lowest BCUT2D eigenvalue weighted by atomic mass is 9.97. The topological polar surface area (TPSA) is 44.8 Å². The molecule has 0 aromatic carbocycles. The summed E-state index contributed by atoms with van der Waals surface area (Å²) >= 11 is 0. The largest absolute Gasteiger partial charge is 0.444 e. The molecule has 0 spiro atoms. The highest BCUT2D eigenvalue weighted by Gasteiger charge is 2.20. The van der Waals surface area contributed by atoms with Crippen LogP contribution in [0.25, 0.3) is 0 Å². The second kappa shape index (κ2) is 9.36. The predicted molar refractivity (Wildman–Crippen MR) is 91.2 cm³/mol. The molecule has 0 radical (unpaired) electrons. The molecule has 22 heavy (non-hydrogen) atoms. The molecule has 0 aromatic heterocycles. The molecule has 0 atom stereocenters. The van der Waals surface area contributed by atoms with Crippen molar-refractivity contribution in [3.05, 3.63) is 0 Å². The molecule has 5 nitrogen and oxygen atoms in total. The summed E-state index contributed by atoms with van der Waals surface area (Å²) in [4.78, 5) is 16.2. The van der Waals surface area contributed by atoms with E-state index in [1.165, 1.54) is 25.9 Å². The lowest BCUT2D eigenvalue weighted by Crippen LogP contribution is -2.38. The Balaban J connectivity index is 2.12. The second-order valence-electron chi connectivity index (χ2n) is 7.36.